The molecule has 0 saturated heterocycles. The number of urea groups is 1. The van der Waals surface area contributed by atoms with Crippen molar-refractivity contribution >= 4 is 34.8 Å². The molecule has 116 valence electrons. The highest BCUT2D eigenvalue weighted by atomic mass is 32.2. The fourth-order valence-electron chi connectivity index (χ4n) is 2.17. The zero-order valence-electron chi connectivity index (χ0n) is 12.3. The summed E-state index contributed by atoms with van der Waals surface area (Å²) >= 11 is 3.18. The Morgan fingerprint density at radius 3 is 2.91 bits per heavy atom. The normalized spacial score (nSPS) is 13.9. The van der Waals surface area contributed by atoms with E-state index < -0.39 is 0 Å². The number of rotatable bonds is 6. The largest absolute Gasteiger partial charge is 0.337 e. The van der Waals surface area contributed by atoms with Crippen LogP contribution in [0.2, 0.25) is 0 Å². The molecule has 2 amide bonds. The molecule has 2 N–H and O–H groups in total. The minimum atomic E-state index is -0.151. The number of benzene rings is 1. The molecule has 0 unspecified atom stereocenters. The van der Waals surface area contributed by atoms with E-state index in [4.69, 9.17) is 0 Å². The van der Waals surface area contributed by atoms with Crippen molar-refractivity contribution in [1.29, 1.82) is 0 Å². The highest BCUT2D eigenvalue weighted by molar-refractivity contribution is 8.01. The van der Waals surface area contributed by atoms with Crippen LogP contribution in [-0.2, 0) is 0 Å². The summed E-state index contributed by atoms with van der Waals surface area (Å²) < 4.78 is 0.943. The zero-order chi connectivity index (χ0) is 15.4. The van der Waals surface area contributed by atoms with Gasteiger partial charge in [0.05, 0.1) is 0 Å². The zero-order valence-corrected chi connectivity index (χ0v) is 14.0. The summed E-state index contributed by atoms with van der Waals surface area (Å²) in [5.41, 5.74) is 2.17. The van der Waals surface area contributed by atoms with Gasteiger partial charge < -0.3 is 10.6 Å². The summed E-state index contributed by atoms with van der Waals surface area (Å²) in [6.07, 6.45) is 2.44. The number of carbonyl (C=O) groups is 1. The number of anilines is 1. The number of nitrogens with zero attached hydrogens (tertiary/aromatic N) is 2. The second-order valence-corrected chi connectivity index (χ2v) is 7.70. The van der Waals surface area contributed by atoms with Gasteiger partial charge in [-0.25, -0.2) is 4.79 Å². The molecule has 1 fully saturated rings. The van der Waals surface area contributed by atoms with Gasteiger partial charge in [0.1, 0.15) is 5.01 Å². The summed E-state index contributed by atoms with van der Waals surface area (Å²) in [4.78, 5) is 12.0. The molecule has 1 aromatic carbocycles. The van der Waals surface area contributed by atoms with Gasteiger partial charge in [0.25, 0.3) is 0 Å². The highest BCUT2D eigenvalue weighted by Gasteiger charge is 2.26. The van der Waals surface area contributed by atoms with Crippen LogP contribution in [0.3, 0.4) is 0 Å². The second-order valence-electron chi connectivity index (χ2n) is 5.18. The third kappa shape index (κ3) is 4.20. The van der Waals surface area contributed by atoms with Crippen LogP contribution in [0.1, 0.15) is 29.3 Å². The van der Waals surface area contributed by atoms with Crippen molar-refractivity contribution < 1.29 is 4.79 Å². The van der Waals surface area contributed by atoms with Gasteiger partial charge >= 0.3 is 6.03 Å². The van der Waals surface area contributed by atoms with Crippen LogP contribution in [0, 0.1) is 6.92 Å². The second kappa shape index (κ2) is 7.11. The number of aromatic nitrogens is 2. The molecule has 7 heteroatoms. The van der Waals surface area contributed by atoms with E-state index in [0.29, 0.717) is 12.5 Å². The Hall–Kier alpha value is -1.60. The molecule has 1 heterocycles. The summed E-state index contributed by atoms with van der Waals surface area (Å²) in [5, 5.41) is 14.8. The van der Waals surface area contributed by atoms with E-state index in [1.807, 2.05) is 25.1 Å². The standard InChI is InChI=1S/C15H18N4OS2/c1-10-18-19-15(22-10)21-9-8-16-14(20)17-13-5-3-2-4-12(13)11-6-7-11/h2-5,11H,6-9H2,1H3,(H2,16,17,20). The first-order valence-electron chi connectivity index (χ1n) is 7.29. The lowest BCUT2D eigenvalue weighted by Gasteiger charge is -2.11. The lowest BCUT2D eigenvalue weighted by molar-refractivity contribution is 0.252. The van der Waals surface area contributed by atoms with Crippen molar-refractivity contribution in [2.75, 3.05) is 17.6 Å². The molecule has 1 aliphatic carbocycles. The maximum Gasteiger partial charge on any atom is 0.319 e. The van der Waals surface area contributed by atoms with E-state index in [0.717, 1.165) is 20.8 Å². The first kappa shape index (κ1) is 15.3. The van der Waals surface area contributed by atoms with Gasteiger partial charge in [0.15, 0.2) is 4.34 Å². The Balaban J connectivity index is 1.43. The van der Waals surface area contributed by atoms with Crippen molar-refractivity contribution in [2.24, 2.45) is 0 Å². The van der Waals surface area contributed by atoms with Crippen molar-refractivity contribution in [3.63, 3.8) is 0 Å². The van der Waals surface area contributed by atoms with Crippen LogP contribution < -0.4 is 10.6 Å². The lowest BCUT2D eigenvalue weighted by Crippen LogP contribution is -2.30. The fraction of sp³-hybridized carbons (Fsp3) is 0.400. The van der Waals surface area contributed by atoms with Gasteiger partial charge in [-0.15, -0.1) is 10.2 Å². The first-order valence-corrected chi connectivity index (χ1v) is 9.09. The van der Waals surface area contributed by atoms with Crippen molar-refractivity contribution in [2.45, 2.75) is 30.0 Å². The Bertz CT molecular complexity index is 654. The molecule has 0 spiro atoms. The molecule has 2 aromatic rings. The van der Waals surface area contributed by atoms with Crippen molar-refractivity contribution in [1.82, 2.24) is 15.5 Å². The quantitative estimate of drug-likeness (QED) is 0.625. The number of nitrogens with one attached hydrogen (secondary N) is 2. The summed E-state index contributed by atoms with van der Waals surface area (Å²) in [5.74, 6) is 1.40. The molecule has 0 radical (unpaired) electrons. The Morgan fingerprint density at radius 1 is 1.36 bits per heavy atom. The Morgan fingerprint density at radius 2 is 2.18 bits per heavy atom. The monoisotopic (exact) mass is 334 g/mol. The third-order valence-corrected chi connectivity index (χ3v) is 5.32. The molecule has 22 heavy (non-hydrogen) atoms. The van der Waals surface area contributed by atoms with E-state index in [1.54, 1.807) is 23.1 Å². The molecule has 1 aliphatic rings. The predicted octanol–water partition coefficient (Wildman–Crippen LogP) is 3.64. The molecule has 1 saturated carbocycles. The molecule has 0 atom stereocenters. The van der Waals surface area contributed by atoms with Gasteiger partial charge in [-0.3, -0.25) is 0 Å². The highest BCUT2D eigenvalue weighted by Crippen LogP contribution is 2.43. The van der Waals surface area contributed by atoms with Crippen LogP contribution in [0.4, 0.5) is 10.5 Å². The van der Waals surface area contributed by atoms with E-state index in [1.165, 1.54) is 18.4 Å². The minimum absolute atomic E-state index is 0.151. The molecular formula is C15H18N4OS2. The van der Waals surface area contributed by atoms with E-state index in [-0.39, 0.29) is 6.03 Å². The average Bonchev–Trinajstić information content (AvgIpc) is 3.27. The summed E-state index contributed by atoms with van der Waals surface area (Å²) in [7, 11) is 0. The Kier molecular flexibility index (Phi) is 4.94. The minimum Gasteiger partial charge on any atom is -0.337 e. The average molecular weight is 334 g/mol. The SMILES string of the molecule is Cc1nnc(SCCNC(=O)Nc2ccccc2C2CC2)s1. The number of para-hydroxylation sites is 1. The van der Waals surface area contributed by atoms with Gasteiger partial charge in [-0.1, -0.05) is 41.3 Å². The van der Waals surface area contributed by atoms with Crippen LogP contribution >= 0.6 is 23.1 Å². The Labute approximate surface area is 137 Å². The molecule has 0 aliphatic heterocycles. The molecular weight excluding hydrogens is 316 g/mol. The number of hydrogen-bond acceptors (Lipinski definition) is 5. The molecule has 5 nitrogen and oxygen atoms in total. The maximum atomic E-state index is 12.0. The maximum absolute atomic E-state index is 12.0. The number of thioether (sulfide) groups is 1. The topological polar surface area (TPSA) is 66.9 Å². The lowest BCUT2D eigenvalue weighted by atomic mass is 10.1. The summed E-state index contributed by atoms with van der Waals surface area (Å²) in [6, 6.07) is 7.89. The smallest absolute Gasteiger partial charge is 0.319 e. The predicted molar refractivity (Wildman–Crippen MR) is 90.8 cm³/mol. The fourth-order valence-corrected chi connectivity index (χ4v) is 3.91. The van der Waals surface area contributed by atoms with E-state index in [2.05, 4.69) is 26.9 Å². The number of hydrogen-bond donors (Lipinski definition) is 2. The molecule has 0 bridgehead atoms. The van der Waals surface area contributed by atoms with Crippen LogP contribution in [0.5, 0.6) is 0 Å². The van der Waals surface area contributed by atoms with Gasteiger partial charge in [-0.2, -0.15) is 0 Å². The summed E-state index contributed by atoms with van der Waals surface area (Å²) in [6.45, 7) is 2.53. The van der Waals surface area contributed by atoms with Crippen molar-refractivity contribution in [3.05, 3.63) is 34.8 Å². The van der Waals surface area contributed by atoms with Gasteiger partial charge in [0, 0.05) is 18.0 Å². The van der Waals surface area contributed by atoms with Gasteiger partial charge in [0.2, 0.25) is 0 Å². The third-order valence-electron chi connectivity index (χ3n) is 3.35. The van der Waals surface area contributed by atoms with E-state index in [9.17, 15) is 4.79 Å². The number of carbonyl (C=O) groups excluding carboxylic acids is 1. The number of aryl methyl sites for hydroxylation is 1. The molecule has 1 aromatic heterocycles. The molecule has 3 rings (SSSR count). The van der Waals surface area contributed by atoms with Crippen LogP contribution in [-0.4, -0.2) is 28.5 Å². The van der Waals surface area contributed by atoms with Gasteiger partial charge in [-0.05, 0) is 37.3 Å². The van der Waals surface area contributed by atoms with Crippen LogP contribution in [0.15, 0.2) is 28.6 Å². The van der Waals surface area contributed by atoms with Crippen LogP contribution in [0.25, 0.3) is 0 Å². The van der Waals surface area contributed by atoms with E-state index >= 15 is 0 Å². The first-order chi connectivity index (χ1) is 10.7. The number of amides is 2. The van der Waals surface area contributed by atoms with Crippen molar-refractivity contribution in [3.8, 4) is 0 Å².